The van der Waals surface area contributed by atoms with Crippen molar-refractivity contribution in [1.29, 1.82) is 0 Å². The smallest absolute Gasteiger partial charge is 0.251 e. The van der Waals surface area contributed by atoms with Crippen LogP contribution in [0.1, 0.15) is 47.8 Å². The molecule has 2 aromatic carbocycles. The topological polar surface area (TPSA) is 85.9 Å². The van der Waals surface area contributed by atoms with Gasteiger partial charge in [0, 0.05) is 11.3 Å². The molecule has 0 fully saturated rings. The van der Waals surface area contributed by atoms with Crippen molar-refractivity contribution in [3.05, 3.63) is 46.5 Å². The van der Waals surface area contributed by atoms with Gasteiger partial charge >= 0.3 is 0 Å². The third-order valence-corrected chi connectivity index (χ3v) is 4.52. The van der Waals surface area contributed by atoms with Crippen LogP contribution in [0.2, 0.25) is 0 Å². The largest absolute Gasteiger partial charge is 0.490 e. The minimum Gasteiger partial charge on any atom is -0.490 e. The lowest BCUT2D eigenvalue weighted by atomic mass is 10.1. The van der Waals surface area contributed by atoms with E-state index in [9.17, 15) is 9.59 Å². The van der Waals surface area contributed by atoms with Gasteiger partial charge in [-0.2, -0.15) is 0 Å². The van der Waals surface area contributed by atoms with Crippen molar-refractivity contribution >= 4 is 17.5 Å². The number of nitrogens with one attached hydrogen (secondary N) is 2. The van der Waals surface area contributed by atoms with Crippen molar-refractivity contribution in [3.8, 4) is 17.2 Å². The first kappa shape index (κ1) is 24.1. The van der Waals surface area contributed by atoms with E-state index in [1.165, 1.54) is 0 Å². The summed E-state index contributed by atoms with van der Waals surface area (Å²) < 4.78 is 16.9. The highest BCUT2D eigenvalue weighted by atomic mass is 16.5. The minimum atomic E-state index is -0.405. The number of anilines is 1. The number of benzene rings is 2. The summed E-state index contributed by atoms with van der Waals surface area (Å²) in [6.45, 7) is 12.6. The highest BCUT2D eigenvalue weighted by molar-refractivity contribution is 6.00. The van der Waals surface area contributed by atoms with Crippen LogP contribution in [0.5, 0.6) is 17.2 Å². The normalized spacial score (nSPS) is 10.4. The van der Waals surface area contributed by atoms with E-state index in [1.54, 1.807) is 12.1 Å². The highest BCUT2D eigenvalue weighted by Gasteiger charge is 2.19. The predicted octanol–water partition coefficient (Wildman–Crippen LogP) is 4.18. The lowest BCUT2D eigenvalue weighted by Gasteiger charge is -2.17. The molecule has 0 bridgehead atoms. The molecule has 2 aromatic rings. The maximum Gasteiger partial charge on any atom is 0.251 e. The van der Waals surface area contributed by atoms with Gasteiger partial charge in [-0.05, 0) is 64.8 Å². The fraction of sp³-hybridized carbons (Fsp3) is 0.417. The molecule has 0 saturated heterocycles. The van der Waals surface area contributed by atoms with Gasteiger partial charge < -0.3 is 24.8 Å². The van der Waals surface area contributed by atoms with Gasteiger partial charge in [0.1, 0.15) is 0 Å². The van der Waals surface area contributed by atoms with Gasteiger partial charge in [0.05, 0.1) is 26.4 Å². The molecule has 2 N–H and O–H groups in total. The number of hydrogen-bond donors (Lipinski definition) is 2. The van der Waals surface area contributed by atoms with Crippen LogP contribution < -0.4 is 24.8 Å². The molecule has 31 heavy (non-hydrogen) atoms. The van der Waals surface area contributed by atoms with Crippen LogP contribution in [-0.4, -0.2) is 38.2 Å². The van der Waals surface area contributed by atoms with E-state index in [0.29, 0.717) is 42.6 Å². The molecule has 7 nitrogen and oxygen atoms in total. The maximum atomic E-state index is 12.7. The molecule has 0 aliphatic carbocycles. The Labute approximate surface area is 184 Å². The van der Waals surface area contributed by atoms with Crippen molar-refractivity contribution in [2.75, 3.05) is 31.7 Å². The van der Waals surface area contributed by atoms with Crippen LogP contribution >= 0.6 is 0 Å². The summed E-state index contributed by atoms with van der Waals surface area (Å²) in [5.74, 6) is 0.610. The second-order valence-corrected chi connectivity index (χ2v) is 7.11. The minimum absolute atomic E-state index is 0.160. The first-order chi connectivity index (χ1) is 14.8. The lowest BCUT2D eigenvalue weighted by Crippen LogP contribution is -2.33. The molecule has 168 valence electrons. The molecule has 0 atom stereocenters. The fourth-order valence-electron chi connectivity index (χ4n) is 3.34. The molecule has 2 amide bonds. The molecule has 0 heterocycles. The molecule has 0 unspecified atom stereocenters. The van der Waals surface area contributed by atoms with Crippen LogP contribution in [0.4, 0.5) is 5.69 Å². The van der Waals surface area contributed by atoms with E-state index in [1.807, 2.05) is 53.7 Å². The molecule has 0 spiro atoms. The molecular formula is C24H32N2O5. The molecule has 2 rings (SSSR count). The van der Waals surface area contributed by atoms with Gasteiger partial charge in [0.25, 0.3) is 5.91 Å². The third-order valence-electron chi connectivity index (χ3n) is 4.52. The predicted molar refractivity (Wildman–Crippen MR) is 122 cm³/mol. The molecule has 7 heteroatoms. The maximum absolute atomic E-state index is 12.7. The van der Waals surface area contributed by atoms with Crippen molar-refractivity contribution in [2.45, 2.75) is 41.5 Å². The molecule has 0 saturated carbocycles. The van der Waals surface area contributed by atoms with Crippen LogP contribution in [-0.2, 0) is 4.79 Å². The van der Waals surface area contributed by atoms with Crippen LogP contribution in [0.15, 0.2) is 24.3 Å². The van der Waals surface area contributed by atoms with Gasteiger partial charge in [0.2, 0.25) is 11.7 Å². The van der Waals surface area contributed by atoms with E-state index in [2.05, 4.69) is 10.6 Å². The molecular weight excluding hydrogens is 396 g/mol. The molecule has 0 aliphatic heterocycles. The summed E-state index contributed by atoms with van der Waals surface area (Å²) in [6, 6.07) is 7.20. The Morgan fingerprint density at radius 1 is 0.806 bits per heavy atom. The number of amides is 2. The van der Waals surface area contributed by atoms with Crippen molar-refractivity contribution in [2.24, 2.45) is 0 Å². The number of carbonyl (C=O) groups excluding carboxylic acids is 2. The first-order valence-corrected chi connectivity index (χ1v) is 10.5. The zero-order valence-electron chi connectivity index (χ0n) is 19.2. The summed E-state index contributed by atoms with van der Waals surface area (Å²) in [7, 11) is 0. The Morgan fingerprint density at radius 3 is 1.81 bits per heavy atom. The summed E-state index contributed by atoms with van der Waals surface area (Å²) in [6.07, 6.45) is 0. The van der Waals surface area contributed by atoms with E-state index in [4.69, 9.17) is 14.2 Å². The van der Waals surface area contributed by atoms with Crippen LogP contribution in [0, 0.1) is 20.8 Å². The second-order valence-electron chi connectivity index (χ2n) is 7.11. The molecule has 0 aromatic heterocycles. The average Bonchev–Trinajstić information content (AvgIpc) is 2.71. The van der Waals surface area contributed by atoms with E-state index in [-0.39, 0.29) is 12.5 Å². The zero-order chi connectivity index (χ0) is 23.0. The Bertz CT molecular complexity index is 890. The summed E-state index contributed by atoms with van der Waals surface area (Å²) in [4.78, 5) is 25.1. The van der Waals surface area contributed by atoms with Gasteiger partial charge in [-0.25, -0.2) is 0 Å². The summed E-state index contributed by atoms with van der Waals surface area (Å²) >= 11 is 0. The molecule has 0 radical (unpaired) electrons. The number of carbonyl (C=O) groups is 2. The van der Waals surface area contributed by atoms with Crippen molar-refractivity contribution < 1.29 is 23.8 Å². The second kappa shape index (κ2) is 11.2. The SMILES string of the molecule is CCOc1cc(C(=O)NCC(=O)Nc2c(C)cc(C)cc2C)cc(OCC)c1OCC. The summed E-state index contributed by atoms with van der Waals surface area (Å²) in [5, 5.41) is 5.54. The van der Waals surface area contributed by atoms with E-state index >= 15 is 0 Å². The highest BCUT2D eigenvalue weighted by Crippen LogP contribution is 2.39. The quantitative estimate of drug-likeness (QED) is 0.593. The summed E-state index contributed by atoms with van der Waals surface area (Å²) in [5.41, 5.74) is 4.18. The Morgan fingerprint density at radius 2 is 1.32 bits per heavy atom. The van der Waals surface area contributed by atoms with E-state index < -0.39 is 5.91 Å². The van der Waals surface area contributed by atoms with Gasteiger partial charge in [-0.3, -0.25) is 9.59 Å². The number of aryl methyl sites for hydroxylation is 3. The van der Waals surface area contributed by atoms with E-state index in [0.717, 1.165) is 22.4 Å². The first-order valence-electron chi connectivity index (χ1n) is 10.5. The average molecular weight is 429 g/mol. The monoisotopic (exact) mass is 428 g/mol. The van der Waals surface area contributed by atoms with Crippen molar-refractivity contribution in [3.63, 3.8) is 0 Å². The lowest BCUT2D eigenvalue weighted by molar-refractivity contribution is -0.115. The number of ether oxygens (including phenoxy) is 3. The number of hydrogen-bond acceptors (Lipinski definition) is 5. The van der Waals surface area contributed by atoms with Gasteiger partial charge in [-0.1, -0.05) is 17.7 Å². The Kier molecular flexibility index (Phi) is 8.73. The van der Waals surface area contributed by atoms with Crippen LogP contribution in [0.25, 0.3) is 0 Å². The fourth-order valence-corrected chi connectivity index (χ4v) is 3.34. The van der Waals surface area contributed by atoms with Gasteiger partial charge in [0.15, 0.2) is 11.5 Å². The zero-order valence-corrected chi connectivity index (χ0v) is 19.2. The van der Waals surface area contributed by atoms with Crippen LogP contribution in [0.3, 0.4) is 0 Å². The van der Waals surface area contributed by atoms with Crippen molar-refractivity contribution in [1.82, 2.24) is 5.32 Å². The number of rotatable bonds is 10. The Hall–Kier alpha value is -3.22. The third kappa shape index (κ3) is 6.38. The Balaban J connectivity index is 2.15. The molecule has 0 aliphatic rings. The van der Waals surface area contributed by atoms with Gasteiger partial charge in [-0.15, -0.1) is 0 Å². The standard InChI is InChI=1S/C24H32N2O5/c1-7-29-19-12-18(13-20(30-8-2)23(19)31-9-3)24(28)25-14-21(27)26-22-16(5)10-15(4)11-17(22)6/h10-13H,7-9,14H2,1-6H3,(H,25,28)(H,26,27).